The van der Waals surface area contributed by atoms with E-state index in [1.54, 1.807) is 12.4 Å². The molecule has 2 rings (SSSR count). The van der Waals surface area contributed by atoms with Crippen molar-refractivity contribution in [3.8, 4) is 5.75 Å². The van der Waals surface area contributed by atoms with E-state index in [0.29, 0.717) is 0 Å². The van der Waals surface area contributed by atoms with Gasteiger partial charge in [-0.25, -0.2) is 0 Å². The largest absolute Gasteiger partial charge is 0.493 e. The molecule has 0 N–H and O–H groups in total. The van der Waals surface area contributed by atoms with E-state index in [-0.39, 0.29) is 5.41 Å². The molecule has 0 aromatic carbocycles. The van der Waals surface area contributed by atoms with Gasteiger partial charge in [0.25, 0.3) is 0 Å². The Morgan fingerprint density at radius 2 is 2.14 bits per heavy atom. The summed E-state index contributed by atoms with van der Waals surface area (Å²) in [6.07, 6.45) is 4.59. The molecular weight excluding hydrogens is 178 g/mol. The highest BCUT2D eigenvalue weighted by Gasteiger charge is 2.37. The van der Waals surface area contributed by atoms with Gasteiger partial charge in [0.05, 0.1) is 25.2 Å². The third kappa shape index (κ3) is 1.87. The van der Waals surface area contributed by atoms with E-state index < -0.39 is 0 Å². The van der Waals surface area contributed by atoms with Crippen LogP contribution in [0, 0.1) is 5.41 Å². The number of ether oxygens (including phenoxy) is 2. The Hall–Kier alpha value is -1.09. The summed E-state index contributed by atoms with van der Waals surface area (Å²) in [5.41, 5.74) is 0.253. The van der Waals surface area contributed by atoms with Gasteiger partial charge in [-0.05, 0) is 18.6 Å². The maximum Gasteiger partial charge on any atom is 0.122 e. The molecule has 1 aliphatic heterocycles. The van der Waals surface area contributed by atoms with Gasteiger partial charge in [-0.3, -0.25) is 4.98 Å². The van der Waals surface area contributed by atoms with E-state index in [1.165, 1.54) is 0 Å². The van der Waals surface area contributed by atoms with Crippen LogP contribution in [-0.4, -0.2) is 24.8 Å². The molecule has 0 bridgehead atoms. The van der Waals surface area contributed by atoms with Gasteiger partial charge in [-0.1, -0.05) is 6.92 Å². The normalized spacial score (nSPS) is 18.6. The second kappa shape index (κ2) is 3.96. The fraction of sp³-hybridized carbons (Fsp3) is 0.545. The third-order valence-corrected chi connectivity index (χ3v) is 2.76. The van der Waals surface area contributed by atoms with Crippen LogP contribution in [0.2, 0.25) is 0 Å². The van der Waals surface area contributed by atoms with Gasteiger partial charge in [0.2, 0.25) is 0 Å². The average Bonchev–Trinajstić information content (AvgIpc) is 2.19. The molecule has 3 nitrogen and oxygen atoms in total. The molecule has 3 heteroatoms. The first-order valence-corrected chi connectivity index (χ1v) is 4.95. The van der Waals surface area contributed by atoms with Crippen LogP contribution in [0.1, 0.15) is 13.3 Å². The number of aromatic nitrogens is 1. The first kappa shape index (κ1) is 9.46. The fourth-order valence-corrected chi connectivity index (χ4v) is 1.45. The molecule has 0 unspecified atom stereocenters. The Morgan fingerprint density at radius 1 is 1.43 bits per heavy atom. The maximum atomic E-state index is 5.68. The summed E-state index contributed by atoms with van der Waals surface area (Å²) >= 11 is 0. The lowest BCUT2D eigenvalue weighted by Crippen LogP contribution is -2.46. The Labute approximate surface area is 84.1 Å². The molecule has 1 aliphatic rings. The van der Waals surface area contributed by atoms with Crippen molar-refractivity contribution >= 4 is 0 Å². The van der Waals surface area contributed by atoms with Gasteiger partial charge in [0.15, 0.2) is 0 Å². The van der Waals surface area contributed by atoms with Gasteiger partial charge >= 0.3 is 0 Å². The molecule has 76 valence electrons. The molecule has 2 heterocycles. The zero-order chi connectivity index (χ0) is 9.86. The molecule has 0 atom stereocenters. The molecule has 1 aromatic rings. The van der Waals surface area contributed by atoms with Crippen molar-refractivity contribution in [2.45, 2.75) is 13.3 Å². The lowest BCUT2D eigenvalue weighted by Gasteiger charge is -2.40. The number of rotatable bonds is 4. The molecule has 1 saturated heterocycles. The highest BCUT2D eigenvalue weighted by molar-refractivity contribution is 5.17. The van der Waals surface area contributed by atoms with E-state index >= 15 is 0 Å². The van der Waals surface area contributed by atoms with Crippen molar-refractivity contribution < 1.29 is 9.47 Å². The molecule has 0 aliphatic carbocycles. The fourth-order valence-electron chi connectivity index (χ4n) is 1.45. The van der Waals surface area contributed by atoms with Crippen molar-refractivity contribution in [3.63, 3.8) is 0 Å². The van der Waals surface area contributed by atoms with Crippen LogP contribution < -0.4 is 4.74 Å². The van der Waals surface area contributed by atoms with Gasteiger partial charge in [-0.15, -0.1) is 0 Å². The van der Waals surface area contributed by atoms with Crippen LogP contribution in [0.4, 0.5) is 0 Å². The minimum Gasteiger partial charge on any atom is -0.493 e. The second-order valence-corrected chi connectivity index (χ2v) is 3.82. The number of hydrogen-bond donors (Lipinski definition) is 0. The van der Waals surface area contributed by atoms with E-state index in [2.05, 4.69) is 11.9 Å². The first-order chi connectivity index (χ1) is 6.85. The lowest BCUT2D eigenvalue weighted by atomic mass is 9.84. The molecule has 1 aromatic heterocycles. The average molecular weight is 193 g/mol. The number of pyridine rings is 1. The van der Waals surface area contributed by atoms with E-state index in [4.69, 9.17) is 9.47 Å². The predicted molar refractivity (Wildman–Crippen MR) is 53.3 cm³/mol. The molecule has 0 radical (unpaired) electrons. The number of nitrogens with zero attached hydrogens (tertiary/aromatic N) is 1. The van der Waals surface area contributed by atoms with Gasteiger partial charge in [-0.2, -0.15) is 0 Å². The van der Waals surface area contributed by atoms with Crippen LogP contribution in [0.3, 0.4) is 0 Å². The smallest absolute Gasteiger partial charge is 0.122 e. The second-order valence-electron chi connectivity index (χ2n) is 3.82. The number of hydrogen-bond acceptors (Lipinski definition) is 3. The van der Waals surface area contributed by atoms with Crippen LogP contribution in [0.15, 0.2) is 24.5 Å². The quantitative estimate of drug-likeness (QED) is 0.731. The van der Waals surface area contributed by atoms with E-state index in [9.17, 15) is 0 Å². The molecule has 1 fully saturated rings. The van der Waals surface area contributed by atoms with Crippen molar-refractivity contribution in [1.29, 1.82) is 0 Å². The van der Waals surface area contributed by atoms with Crippen LogP contribution in [0.5, 0.6) is 5.75 Å². The lowest BCUT2D eigenvalue weighted by molar-refractivity contribution is -0.133. The van der Waals surface area contributed by atoms with E-state index in [0.717, 1.165) is 32.0 Å². The summed E-state index contributed by atoms with van der Waals surface area (Å²) < 4.78 is 10.9. The molecule has 0 amide bonds. The molecule has 14 heavy (non-hydrogen) atoms. The van der Waals surface area contributed by atoms with Crippen LogP contribution in [0.25, 0.3) is 0 Å². The first-order valence-electron chi connectivity index (χ1n) is 4.95. The van der Waals surface area contributed by atoms with Gasteiger partial charge < -0.3 is 9.47 Å². The Kier molecular flexibility index (Phi) is 2.68. The highest BCUT2D eigenvalue weighted by atomic mass is 16.5. The summed E-state index contributed by atoms with van der Waals surface area (Å²) in [5, 5.41) is 0. The Balaban J connectivity index is 1.88. The minimum absolute atomic E-state index is 0.253. The monoisotopic (exact) mass is 193 g/mol. The Morgan fingerprint density at radius 3 is 2.64 bits per heavy atom. The summed E-state index contributed by atoms with van der Waals surface area (Å²) in [6, 6.07) is 3.76. The third-order valence-electron chi connectivity index (χ3n) is 2.76. The topological polar surface area (TPSA) is 31.4 Å². The minimum atomic E-state index is 0.253. The zero-order valence-corrected chi connectivity index (χ0v) is 8.40. The zero-order valence-electron chi connectivity index (χ0n) is 8.40. The van der Waals surface area contributed by atoms with Crippen LogP contribution >= 0.6 is 0 Å². The van der Waals surface area contributed by atoms with Gasteiger partial charge in [0, 0.05) is 12.4 Å². The van der Waals surface area contributed by atoms with Crippen molar-refractivity contribution in [1.82, 2.24) is 4.98 Å². The molecular formula is C11H15NO2. The summed E-state index contributed by atoms with van der Waals surface area (Å²) in [7, 11) is 0. The highest BCUT2D eigenvalue weighted by Crippen LogP contribution is 2.31. The molecule has 0 spiro atoms. The van der Waals surface area contributed by atoms with Crippen LogP contribution in [-0.2, 0) is 4.74 Å². The molecule has 0 saturated carbocycles. The summed E-state index contributed by atoms with van der Waals surface area (Å²) in [6.45, 7) is 4.58. The van der Waals surface area contributed by atoms with Crippen molar-refractivity contribution in [2.75, 3.05) is 19.8 Å². The SMILES string of the molecule is CCC1(COc2ccncc2)COC1. The predicted octanol–water partition coefficient (Wildman–Crippen LogP) is 1.89. The summed E-state index contributed by atoms with van der Waals surface area (Å²) in [5.74, 6) is 0.889. The summed E-state index contributed by atoms with van der Waals surface area (Å²) in [4.78, 5) is 3.94. The van der Waals surface area contributed by atoms with Crippen molar-refractivity contribution in [3.05, 3.63) is 24.5 Å². The van der Waals surface area contributed by atoms with E-state index in [1.807, 2.05) is 12.1 Å². The standard InChI is InChI=1S/C11H15NO2/c1-2-11(7-13-8-11)9-14-10-3-5-12-6-4-10/h3-6H,2,7-9H2,1H3. The maximum absolute atomic E-state index is 5.68. The van der Waals surface area contributed by atoms with Gasteiger partial charge in [0.1, 0.15) is 5.75 Å². The Bertz CT molecular complexity index is 277. The van der Waals surface area contributed by atoms with Crippen molar-refractivity contribution in [2.24, 2.45) is 5.41 Å².